The Morgan fingerprint density at radius 1 is 0.667 bits per heavy atom. The molecule has 0 radical (unpaired) electrons. The van der Waals surface area contributed by atoms with Gasteiger partial charge in [-0.25, -0.2) is 0 Å². The number of alkyl halides is 3. The zero-order valence-electron chi connectivity index (χ0n) is 19.6. The number of hydrogen-bond acceptors (Lipinski definition) is 2. The van der Waals surface area contributed by atoms with Crippen molar-refractivity contribution >= 4 is 5.91 Å². The van der Waals surface area contributed by atoms with E-state index < -0.39 is 12.1 Å². The second kappa shape index (κ2) is 20.1. The zero-order valence-corrected chi connectivity index (χ0v) is 19.6. The first-order valence-corrected chi connectivity index (χ1v) is 12.5. The summed E-state index contributed by atoms with van der Waals surface area (Å²) in [4.78, 5) is 13.2. The summed E-state index contributed by atoms with van der Waals surface area (Å²) in [7, 11) is 0. The molecule has 30 heavy (non-hydrogen) atoms. The van der Waals surface area contributed by atoms with Gasteiger partial charge in [-0.15, -0.1) is 0 Å². The van der Waals surface area contributed by atoms with Crippen LogP contribution in [-0.2, 0) is 4.79 Å². The summed E-state index contributed by atoms with van der Waals surface area (Å²) < 4.78 is 36.0. The van der Waals surface area contributed by atoms with E-state index in [0.717, 1.165) is 19.3 Å². The average molecular weight is 437 g/mol. The summed E-state index contributed by atoms with van der Waals surface area (Å²) in [5.41, 5.74) is 0. The lowest BCUT2D eigenvalue weighted by molar-refractivity contribution is -0.173. The van der Waals surface area contributed by atoms with Crippen molar-refractivity contribution in [3.63, 3.8) is 0 Å². The number of unbranched alkanes of at least 4 members (excludes halogenated alkanes) is 14. The van der Waals surface area contributed by atoms with E-state index in [9.17, 15) is 18.0 Å². The fourth-order valence-electron chi connectivity index (χ4n) is 3.72. The fourth-order valence-corrected chi connectivity index (χ4v) is 3.72. The predicted molar refractivity (Wildman–Crippen MR) is 121 cm³/mol. The molecule has 0 rings (SSSR count). The largest absolute Gasteiger partial charge is 0.471 e. The number of hydrogen-bond donors (Lipinski definition) is 1. The van der Waals surface area contributed by atoms with Crippen molar-refractivity contribution < 1.29 is 18.0 Å². The molecule has 6 heteroatoms. The van der Waals surface area contributed by atoms with Crippen molar-refractivity contribution in [3.8, 4) is 0 Å². The molecular weight excluding hydrogens is 389 g/mol. The zero-order chi connectivity index (χ0) is 22.5. The van der Waals surface area contributed by atoms with Crippen molar-refractivity contribution in [2.75, 3.05) is 26.2 Å². The highest BCUT2D eigenvalue weighted by Crippen LogP contribution is 2.15. The van der Waals surface area contributed by atoms with Gasteiger partial charge in [-0.05, 0) is 38.9 Å². The first-order chi connectivity index (χ1) is 14.4. The molecule has 0 fully saturated rings. The maximum atomic E-state index is 12.0. The minimum absolute atomic E-state index is 0.119. The van der Waals surface area contributed by atoms with Gasteiger partial charge in [0.2, 0.25) is 0 Å². The minimum Gasteiger partial charge on any atom is -0.348 e. The number of nitrogens with one attached hydrogen (secondary N) is 1. The Bertz CT molecular complexity index is 389. The summed E-state index contributed by atoms with van der Waals surface area (Å²) in [6.45, 7) is 8.35. The summed E-state index contributed by atoms with van der Waals surface area (Å²) >= 11 is 0. The van der Waals surface area contributed by atoms with Crippen LogP contribution in [0.2, 0.25) is 0 Å². The lowest BCUT2D eigenvalue weighted by Gasteiger charge is -2.20. The third-order valence-electron chi connectivity index (χ3n) is 5.72. The van der Waals surface area contributed by atoms with Crippen molar-refractivity contribution in [1.82, 2.24) is 10.2 Å². The lowest BCUT2D eigenvalue weighted by atomic mass is 10.0. The molecule has 180 valence electrons. The topological polar surface area (TPSA) is 32.3 Å². The highest BCUT2D eigenvalue weighted by atomic mass is 19.4. The quantitative estimate of drug-likeness (QED) is 0.192. The number of amides is 1. The van der Waals surface area contributed by atoms with Gasteiger partial charge < -0.3 is 10.2 Å². The van der Waals surface area contributed by atoms with Crippen LogP contribution >= 0.6 is 0 Å². The van der Waals surface area contributed by atoms with E-state index >= 15 is 0 Å². The molecule has 0 atom stereocenters. The Balaban J connectivity index is 3.25. The highest BCUT2D eigenvalue weighted by molar-refractivity contribution is 5.81. The Labute approximate surface area is 183 Å². The van der Waals surface area contributed by atoms with Crippen LogP contribution in [0.3, 0.4) is 0 Å². The summed E-state index contributed by atoms with van der Waals surface area (Å²) in [6.07, 6.45) is 14.7. The van der Waals surface area contributed by atoms with E-state index in [1.165, 1.54) is 96.7 Å². The number of nitrogens with zero attached hydrogens (tertiary/aromatic N) is 1. The van der Waals surface area contributed by atoms with Gasteiger partial charge in [0.25, 0.3) is 0 Å². The van der Waals surface area contributed by atoms with Crippen LogP contribution in [0.25, 0.3) is 0 Å². The molecule has 0 unspecified atom stereocenters. The summed E-state index contributed by atoms with van der Waals surface area (Å²) in [6, 6.07) is 0. The van der Waals surface area contributed by atoms with Gasteiger partial charge in [-0.1, -0.05) is 97.3 Å². The van der Waals surface area contributed by atoms with Crippen LogP contribution in [0.15, 0.2) is 0 Å². The van der Waals surface area contributed by atoms with Crippen molar-refractivity contribution in [1.29, 1.82) is 0 Å². The van der Waals surface area contributed by atoms with E-state index in [4.69, 9.17) is 0 Å². The third kappa shape index (κ3) is 19.2. The SMILES string of the molecule is CCCCCN(CC)CCCCCCCCCCCCCCCNC(=O)C(F)(F)F. The molecule has 0 aliphatic heterocycles. The van der Waals surface area contributed by atoms with E-state index in [1.54, 1.807) is 0 Å². The Morgan fingerprint density at radius 2 is 1.07 bits per heavy atom. The monoisotopic (exact) mass is 436 g/mol. The first kappa shape index (κ1) is 29.2. The number of carbonyl (C=O) groups excluding carboxylic acids is 1. The second-order valence-electron chi connectivity index (χ2n) is 8.49. The molecular formula is C24H47F3N2O. The van der Waals surface area contributed by atoms with Gasteiger partial charge in [-0.3, -0.25) is 4.79 Å². The van der Waals surface area contributed by atoms with Crippen LogP contribution in [0, 0.1) is 0 Å². The molecule has 1 N–H and O–H groups in total. The third-order valence-corrected chi connectivity index (χ3v) is 5.72. The van der Waals surface area contributed by atoms with Gasteiger partial charge in [0.1, 0.15) is 0 Å². The van der Waals surface area contributed by atoms with E-state index in [0.29, 0.717) is 6.42 Å². The maximum Gasteiger partial charge on any atom is 0.471 e. The van der Waals surface area contributed by atoms with Crippen LogP contribution < -0.4 is 5.32 Å². The van der Waals surface area contributed by atoms with Gasteiger partial charge in [0.05, 0.1) is 0 Å². The van der Waals surface area contributed by atoms with Crippen LogP contribution in [-0.4, -0.2) is 43.2 Å². The number of carbonyl (C=O) groups is 1. The van der Waals surface area contributed by atoms with Crippen molar-refractivity contribution in [2.45, 2.75) is 123 Å². The Kier molecular flexibility index (Phi) is 19.6. The summed E-state index contributed by atoms with van der Waals surface area (Å²) in [5, 5.41) is 1.92. The van der Waals surface area contributed by atoms with Gasteiger partial charge >= 0.3 is 12.1 Å². The molecule has 0 aromatic heterocycles. The number of halogens is 3. The normalized spacial score (nSPS) is 11.9. The van der Waals surface area contributed by atoms with Crippen molar-refractivity contribution in [3.05, 3.63) is 0 Å². The molecule has 0 aliphatic carbocycles. The second-order valence-corrected chi connectivity index (χ2v) is 8.49. The van der Waals surface area contributed by atoms with Crippen LogP contribution in [0.4, 0.5) is 13.2 Å². The van der Waals surface area contributed by atoms with Crippen LogP contribution in [0.5, 0.6) is 0 Å². The van der Waals surface area contributed by atoms with Crippen LogP contribution in [0.1, 0.15) is 117 Å². The molecule has 0 aromatic rings. The molecule has 0 aromatic carbocycles. The van der Waals surface area contributed by atoms with E-state index in [2.05, 4.69) is 18.7 Å². The van der Waals surface area contributed by atoms with Gasteiger partial charge in [0.15, 0.2) is 0 Å². The Morgan fingerprint density at radius 3 is 1.47 bits per heavy atom. The maximum absolute atomic E-state index is 12.0. The standard InChI is InChI=1S/C24H47F3N2O/c1-3-5-18-21-29(4-2)22-19-16-14-12-10-8-6-7-9-11-13-15-17-20-28-23(30)24(25,26)27/h3-22H2,1-2H3,(H,28,30). The molecule has 0 bridgehead atoms. The van der Waals surface area contributed by atoms with Gasteiger partial charge in [0, 0.05) is 6.54 Å². The highest BCUT2D eigenvalue weighted by Gasteiger charge is 2.38. The first-order valence-electron chi connectivity index (χ1n) is 12.5. The molecule has 0 aliphatic rings. The fraction of sp³-hybridized carbons (Fsp3) is 0.958. The molecule has 0 saturated carbocycles. The van der Waals surface area contributed by atoms with Crippen molar-refractivity contribution in [2.24, 2.45) is 0 Å². The average Bonchev–Trinajstić information content (AvgIpc) is 2.71. The van der Waals surface area contributed by atoms with E-state index in [1.807, 2.05) is 5.32 Å². The molecule has 1 amide bonds. The number of rotatable bonds is 21. The summed E-state index contributed by atoms with van der Waals surface area (Å²) in [5.74, 6) is -1.83. The molecule has 3 nitrogen and oxygen atoms in total. The van der Waals surface area contributed by atoms with Gasteiger partial charge in [-0.2, -0.15) is 13.2 Å². The minimum atomic E-state index is -4.76. The Hall–Kier alpha value is -0.780. The molecule has 0 spiro atoms. The lowest BCUT2D eigenvalue weighted by Crippen LogP contribution is -2.37. The smallest absolute Gasteiger partial charge is 0.348 e. The molecule has 0 heterocycles. The van der Waals surface area contributed by atoms with E-state index in [-0.39, 0.29) is 6.54 Å². The molecule has 0 saturated heterocycles. The predicted octanol–water partition coefficient (Wildman–Crippen LogP) is 7.25.